The van der Waals surface area contributed by atoms with E-state index in [9.17, 15) is 9.18 Å². The molecule has 1 aromatic carbocycles. The number of nitrogens with one attached hydrogen (secondary N) is 1. The predicted molar refractivity (Wildman–Crippen MR) is 80.9 cm³/mol. The number of ether oxygens (including phenoxy) is 1. The number of benzene rings is 1. The van der Waals surface area contributed by atoms with Crippen molar-refractivity contribution in [1.29, 1.82) is 0 Å². The number of rotatable bonds is 3. The van der Waals surface area contributed by atoms with Gasteiger partial charge in [-0.05, 0) is 35.8 Å². The van der Waals surface area contributed by atoms with Crippen LogP contribution in [0, 0.1) is 11.2 Å². The number of anilines is 1. The van der Waals surface area contributed by atoms with Gasteiger partial charge >= 0.3 is 5.97 Å². The number of carbonyl (C=O) groups excluding carboxylic acids is 1. The lowest BCUT2D eigenvalue weighted by molar-refractivity contribution is 0.0595. The summed E-state index contributed by atoms with van der Waals surface area (Å²) in [7, 11) is 1.25. The zero-order valence-electron chi connectivity index (χ0n) is 12.0. The van der Waals surface area contributed by atoms with Crippen molar-refractivity contribution >= 4 is 23.4 Å². The van der Waals surface area contributed by atoms with E-state index >= 15 is 0 Å². The minimum atomic E-state index is -0.649. The van der Waals surface area contributed by atoms with Crippen LogP contribution >= 0.6 is 11.8 Å². The molecule has 1 atom stereocenters. The molecule has 2 rings (SSSR count). The summed E-state index contributed by atoms with van der Waals surface area (Å²) < 4.78 is 18.2. The van der Waals surface area contributed by atoms with E-state index < -0.39 is 11.8 Å². The van der Waals surface area contributed by atoms with E-state index in [1.165, 1.54) is 19.2 Å². The van der Waals surface area contributed by atoms with Gasteiger partial charge in [-0.25, -0.2) is 9.18 Å². The van der Waals surface area contributed by atoms with Crippen LogP contribution in [0.5, 0.6) is 0 Å². The molecule has 1 aromatic rings. The monoisotopic (exact) mass is 297 g/mol. The number of esters is 1. The molecule has 0 bridgehead atoms. The summed E-state index contributed by atoms with van der Waals surface area (Å²) in [5.41, 5.74) is 1.03. The quantitative estimate of drug-likeness (QED) is 0.866. The lowest BCUT2D eigenvalue weighted by atomic mass is 9.88. The Morgan fingerprint density at radius 2 is 2.25 bits per heavy atom. The van der Waals surface area contributed by atoms with Gasteiger partial charge in [0.25, 0.3) is 0 Å². The van der Waals surface area contributed by atoms with Crippen LogP contribution in [0.3, 0.4) is 0 Å². The molecular formula is C15H20FNO2S. The molecule has 0 radical (unpaired) electrons. The number of thioether (sulfide) groups is 1. The predicted octanol–water partition coefficient (Wildman–Crippen LogP) is 3.56. The molecule has 1 aliphatic heterocycles. The fourth-order valence-corrected chi connectivity index (χ4v) is 3.75. The molecule has 1 fully saturated rings. The van der Waals surface area contributed by atoms with Crippen LogP contribution in [-0.4, -0.2) is 30.6 Å². The van der Waals surface area contributed by atoms with Crippen LogP contribution in [0.25, 0.3) is 0 Å². The minimum absolute atomic E-state index is 0.0276. The van der Waals surface area contributed by atoms with Gasteiger partial charge in [0.05, 0.1) is 12.7 Å². The highest BCUT2D eigenvalue weighted by molar-refractivity contribution is 7.99. The van der Waals surface area contributed by atoms with E-state index in [4.69, 9.17) is 0 Å². The number of hydrogen-bond donors (Lipinski definition) is 1. The molecular weight excluding hydrogens is 277 g/mol. The lowest BCUT2D eigenvalue weighted by Crippen LogP contribution is -2.35. The van der Waals surface area contributed by atoms with Crippen LogP contribution in [-0.2, 0) is 4.74 Å². The first-order valence-electron chi connectivity index (χ1n) is 6.63. The van der Waals surface area contributed by atoms with Crippen LogP contribution in [0.2, 0.25) is 0 Å². The second-order valence-corrected chi connectivity index (χ2v) is 6.94. The van der Waals surface area contributed by atoms with Gasteiger partial charge in [-0.1, -0.05) is 13.8 Å². The van der Waals surface area contributed by atoms with Crippen molar-refractivity contribution in [3.8, 4) is 0 Å². The van der Waals surface area contributed by atoms with Crippen molar-refractivity contribution in [2.45, 2.75) is 26.3 Å². The van der Waals surface area contributed by atoms with Crippen molar-refractivity contribution in [2.24, 2.45) is 5.41 Å². The largest absolute Gasteiger partial charge is 0.465 e. The van der Waals surface area contributed by atoms with Gasteiger partial charge in [-0.3, -0.25) is 0 Å². The van der Waals surface area contributed by atoms with Crippen molar-refractivity contribution in [3.05, 3.63) is 29.6 Å². The van der Waals surface area contributed by atoms with Gasteiger partial charge in [-0.2, -0.15) is 11.8 Å². The van der Waals surface area contributed by atoms with Crippen LogP contribution in [0.15, 0.2) is 18.2 Å². The molecule has 110 valence electrons. The SMILES string of the molecule is COC(=O)c1cc(NC2CSCC(C)(C)C2)ccc1F. The average molecular weight is 297 g/mol. The third kappa shape index (κ3) is 3.66. The van der Waals surface area contributed by atoms with E-state index in [2.05, 4.69) is 23.9 Å². The maximum atomic E-state index is 13.6. The van der Waals surface area contributed by atoms with E-state index in [1.807, 2.05) is 11.8 Å². The molecule has 0 saturated carbocycles. The normalized spacial score (nSPS) is 21.3. The van der Waals surface area contributed by atoms with Gasteiger partial charge in [-0.15, -0.1) is 0 Å². The van der Waals surface area contributed by atoms with Crippen molar-refractivity contribution < 1.29 is 13.9 Å². The lowest BCUT2D eigenvalue weighted by Gasteiger charge is -2.35. The first-order valence-corrected chi connectivity index (χ1v) is 7.79. The zero-order chi connectivity index (χ0) is 14.8. The summed E-state index contributed by atoms with van der Waals surface area (Å²) >= 11 is 1.92. The number of hydrogen-bond acceptors (Lipinski definition) is 4. The Kier molecular flexibility index (Phi) is 4.58. The Hall–Kier alpha value is -1.23. The summed E-state index contributed by atoms with van der Waals surface area (Å²) in [5.74, 6) is 0.973. The minimum Gasteiger partial charge on any atom is -0.465 e. The molecule has 1 unspecified atom stereocenters. The number of methoxy groups -OCH3 is 1. The highest BCUT2D eigenvalue weighted by atomic mass is 32.2. The molecule has 1 saturated heterocycles. The zero-order valence-corrected chi connectivity index (χ0v) is 12.8. The van der Waals surface area contributed by atoms with Gasteiger partial charge < -0.3 is 10.1 Å². The summed E-state index contributed by atoms with van der Waals surface area (Å²) in [6, 6.07) is 4.82. The Morgan fingerprint density at radius 1 is 1.50 bits per heavy atom. The topological polar surface area (TPSA) is 38.3 Å². The second kappa shape index (κ2) is 6.04. The summed E-state index contributed by atoms with van der Waals surface area (Å²) in [5, 5.41) is 3.39. The number of halogens is 1. The van der Waals surface area contributed by atoms with Crippen LogP contribution in [0.1, 0.15) is 30.6 Å². The highest BCUT2D eigenvalue weighted by Gasteiger charge is 2.28. The molecule has 0 aliphatic carbocycles. The van der Waals surface area contributed by atoms with Crippen molar-refractivity contribution in [1.82, 2.24) is 0 Å². The third-order valence-corrected chi connectivity index (χ3v) is 4.98. The maximum Gasteiger partial charge on any atom is 0.340 e. The van der Waals surface area contributed by atoms with Gasteiger partial charge in [0.1, 0.15) is 5.82 Å². The Balaban J connectivity index is 2.12. The van der Waals surface area contributed by atoms with Gasteiger partial charge in [0.15, 0.2) is 0 Å². The highest BCUT2D eigenvalue weighted by Crippen LogP contribution is 2.34. The fraction of sp³-hybridized carbons (Fsp3) is 0.533. The van der Waals surface area contributed by atoms with Crippen LogP contribution in [0.4, 0.5) is 10.1 Å². The van der Waals surface area contributed by atoms with Crippen molar-refractivity contribution in [2.75, 3.05) is 23.9 Å². The van der Waals surface area contributed by atoms with E-state index in [0.29, 0.717) is 11.5 Å². The second-order valence-electron chi connectivity index (χ2n) is 5.91. The number of carbonyl (C=O) groups is 1. The molecule has 0 spiro atoms. The van der Waals surface area contributed by atoms with E-state index in [-0.39, 0.29) is 5.56 Å². The van der Waals surface area contributed by atoms with Crippen molar-refractivity contribution in [3.63, 3.8) is 0 Å². The van der Waals surface area contributed by atoms with E-state index in [1.54, 1.807) is 6.07 Å². The Labute approximate surface area is 123 Å². The molecule has 1 N–H and O–H groups in total. The maximum absolute atomic E-state index is 13.6. The first-order chi connectivity index (χ1) is 9.41. The fourth-order valence-electron chi connectivity index (χ4n) is 2.47. The molecule has 1 heterocycles. The van der Waals surface area contributed by atoms with Gasteiger partial charge in [0.2, 0.25) is 0 Å². The molecule has 5 heteroatoms. The van der Waals surface area contributed by atoms with Crippen LogP contribution < -0.4 is 5.32 Å². The summed E-state index contributed by atoms with van der Waals surface area (Å²) in [6.07, 6.45) is 1.06. The Morgan fingerprint density at radius 3 is 2.90 bits per heavy atom. The smallest absolute Gasteiger partial charge is 0.340 e. The molecule has 20 heavy (non-hydrogen) atoms. The third-order valence-electron chi connectivity index (χ3n) is 3.35. The summed E-state index contributed by atoms with van der Waals surface area (Å²) in [6.45, 7) is 4.50. The molecule has 0 amide bonds. The van der Waals surface area contributed by atoms with E-state index in [0.717, 1.165) is 23.6 Å². The molecule has 1 aliphatic rings. The van der Waals surface area contributed by atoms with Gasteiger partial charge in [0, 0.05) is 17.5 Å². The molecule has 3 nitrogen and oxygen atoms in total. The Bertz CT molecular complexity index is 505. The standard InChI is InChI=1S/C15H20FNO2S/c1-15(2)7-11(8-20-9-15)17-10-4-5-13(16)12(6-10)14(18)19-3/h4-6,11,17H,7-9H2,1-3H3. The first kappa shape index (κ1) is 15.2. The average Bonchev–Trinajstić information content (AvgIpc) is 2.39. The molecule has 0 aromatic heterocycles. The summed E-state index contributed by atoms with van der Waals surface area (Å²) in [4.78, 5) is 11.5.